The number of benzene rings is 1. The normalized spacial score (nSPS) is 20.4. The number of alkyl halides is 2. The molecule has 1 aromatic rings. The van der Waals surface area contributed by atoms with E-state index in [0.29, 0.717) is 5.75 Å². The Morgan fingerprint density at radius 2 is 2.05 bits per heavy atom. The van der Waals surface area contributed by atoms with Crippen molar-refractivity contribution >= 4 is 18.5 Å². The Balaban J connectivity index is 0.00000242. The minimum atomic E-state index is -3.33. The third-order valence-corrected chi connectivity index (χ3v) is 2.81. The summed E-state index contributed by atoms with van der Waals surface area (Å²) in [7, 11) is 0. The fourth-order valence-electron chi connectivity index (χ4n) is 2.00. The zero-order valence-corrected chi connectivity index (χ0v) is 13.2. The Morgan fingerprint density at radius 3 is 2.64 bits per heavy atom. The highest BCUT2D eigenvalue weighted by molar-refractivity contribution is 5.85. The zero-order chi connectivity index (χ0) is 15.8. The van der Waals surface area contributed by atoms with Gasteiger partial charge in [-0.15, -0.1) is 12.4 Å². The highest BCUT2D eigenvalue weighted by Crippen LogP contribution is 2.40. The van der Waals surface area contributed by atoms with Crippen LogP contribution >= 0.6 is 12.4 Å². The molecule has 2 rings (SSSR count). The van der Waals surface area contributed by atoms with Gasteiger partial charge in [-0.1, -0.05) is 0 Å². The van der Waals surface area contributed by atoms with Crippen molar-refractivity contribution in [3.63, 3.8) is 0 Å². The van der Waals surface area contributed by atoms with E-state index < -0.39 is 30.3 Å². The molecule has 1 aliphatic rings. The summed E-state index contributed by atoms with van der Waals surface area (Å²) in [5.41, 5.74) is -0.631. The lowest BCUT2D eigenvalue weighted by Gasteiger charge is -2.32. The van der Waals surface area contributed by atoms with Crippen molar-refractivity contribution in [1.82, 2.24) is 5.32 Å². The van der Waals surface area contributed by atoms with Crippen molar-refractivity contribution in [3.05, 3.63) is 23.8 Å². The standard InChI is InChI=1S/C14H17F2NO4.ClH/c1-13(2,3)21-8-4-5-10(18)9(6-8)11-14(15,16)7-20-12(19)17-11;/h4-6,11,18H,7H2,1-3H3,(H,17,19);1H/t11-;/m1./s1. The highest BCUT2D eigenvalue weighted by atomic mass is 35.5. The molecule has 1 fully saturated rings. The summed E-state index contributed by atoms with van der Waals surface area (Å²) >= 11 is 0. The van der Waals surface area contributed by atoms with Crippen molar-refractivity contribution in [2.45, 2.75) is 38.3 Å². The summed E-state index contributed by atoms with van der Waals surface area (Å²) < 4.78 is 37.6. The number of ether oxygens (including phenoxy) is 2. The maximum absolute atomic E-state index is 13.9. The van der Waals surface area contributed by atoms with E-state index in [0.717, 1.165) is 0 Å². The van der Waals surface area contributed by atoms with Crippen LogP contribution in [-0.4, -0.2) is 29.3 Å². The molecule has 124 valence electrons. The van der Waals surface area contributed by atoms with Crippen molar-refractivity contribution < 1.29 is 28.2 Å². The molecule has 1 heterocycles. The van der Waals surface area contributed by atoms with Gasteiger partial charge in [0.05, 0.1) is 0 Å². The van der Waals surface area contributed by atoms with Gasteiger partial charge in [-0.25, -0.2) is 13.6 Å². The summed E-state index contributed by atoms with van der Waals surface area (Å²) in [6.07, 6.45) is -0.951. The molecular formula is C14H18ClF2NO4. The zero-order valence-electron chi connectivity index (χ0n) is 12.4. The lowest BCUT2D eigenvalue weighted by atomic mass is 9.98. The first-order valence-electron chi connectivity index (χ1n) is 6.41. The van der Waals surface area contributed by atoms with Gasteiger partial charge in [0.2, 0.25) is 0 Å². The first kappa shape index (κ1) is 18.3. The number of alkyl carbamates (subject to hydrolysis) is 1. The van der Waals surface area contributed by atoms with Crippen LogP contribution in [0, 0.1) is 0 Å². The molecule has 0 aromatic heterocycles. The molecule has 0 bridgehead atoms. The molecule has 22 heavy (non-hydrogen) atoms. The van der Waals surface area contributed by atoms with Gasteiger partial charge in [-0.3, -0.25) is 0 Å². The molecule has 0 unspecified atom stereocenters. The summed E-state index contributed by atoms with van der Waals surface area (Å²) in [4.78, 5) is 11.2. The number of cyclic esters (lactones) is 1. The van der Waals surface area contributed by atoms with Gasteiger partial charge < -0.3 is 19.9 Å². The summed E-state index contributed by atoms with van der Waals surface area (Å²) in [5.74, 6) is -3.35. The molecule has 1 aromatic carbocycles. The Hall–Kier alpha value is -1.76. The summed E-state index contributed by atoms with van der Waals surface area (Å²) in [6, 6.07) is 2.37. The van der Waals surface area contributed by atoms with Gasteiger partial charge in [0.25, 0.3) is 0 Å². The number of aromatic hydroxyl groups is 1. The lowest BCUT2D eigenvalue weighted by Crippen LogP contribution is -2.49. The molecule has 0 radical (unpaired) electrons. The van der Waals surface area contributed by atoms with Gasteiger partial charge in [0.15, 0.2) is 6.61 Å². The number of rotatable bonds is 2. The molecule has 1 aliphatic heterocycles. The van der Waals surface area contributed by atoms with Crippen LogP contribution in [0.3, 0.4) is 0 Å². The number of phenolic OH excluding ortho intramolecular Hbond substituents is 1. The molecule has 1 atom stereocenters. The smallest absolute Gasteiger partial charge is 0.408 e. The van der Waals surface area contributed by atoms with E-state index in [9.17, 15) is 18.7 Å². The van der Waals surface area contributed by atoms with Gasteiger partial charge in [-0.05, 0) is 39.0 Å². The van der Waals surface area contributed by atoms with E-state index in [-0.39, 0.29) is 23.7 Å². The van der Waals surface area contributed by atoms with Crippen LogP contribution in [0.2, 0.25) is 0 Å². The average Bonchev–Trinajstić information content (AvgIpc) is 2.33. The minimum Gasteiger partial charge on any atom is -0.508 e. The van der Waals surface area contributed by atoms with Gasteiger partial charge in [0.1, 0.15) is 23.1 Å². The van der Waals surface area contributed by atoms with E-state index in [4.69, 9.17) is 4.74 Å². The SMILES string of the molecule is CC(C)(C)Oc1ccc(O)c([C@H]2NC(=O)OCC2(F)F)c1.Cl. The Morgan fingerprint density at radius 1 is 1.41 bits per heavy atom. The fourth-order valence-corrected chi connectivity index (χ4v) is 2.00. The molecular weight excluding hydrogens is 320 g/mol. The predicted octanol–water partition coefficient (Wildman–Crippen LogP) is 3.41. The second-order valence-electron chi connectivity index (χ2n) is 5.85. The van der Waals surface area contributed by atoms with E-state index in [1.807, 2.05) is 26.1 Å². The van der Waals surface area contributed by atoms with Crippen LogP contribution < -0.4 is 10.1 Å². The Bertz CT molecular complexity index is 560. The van der Waals surface area contributed by atoms with Crippen molar-refractivity contribution in [3.8, 4) is 11.5 Å². The molecule has 5 nitrogen and oxygen atoms in total. The molecule has 1 amide bonds. The first-order chi connectivity index (χ1) is 9.58. The third kappa shape index (κ3) is 4.13. The fraction of sp³-hybridized carbons (Fsp3) is 0.500. The first-order valence-corrected chi connectivity index (χ1v) is 6.41. The maximum atomic E-state index is 13.9. The Labute approximate surface area is 133 Å². The van der Waals surface area contributed by atoms with Crippen LogP contribution in [0.15, 0.2) is 18.2 Å². The van der Waals surface area contributed by atoms with Crippen molar-refractivity contribution in [2.75, 3.05) is 6.61 Å². The highest BCUT2D eigenvalue weighted by Gasteiger charge is 2.48. The van der Waals surface area contributed by atoms with E-state index in [1.54, 1.807) is 0 Å². The van der Waals surface area contributed by atoms with Gasteiger partial charge in [-0.2, -0.15) is 0 Å². The topological polar surface area (TPSA) is 67.8 Å². The number of amides is 1. The molecule has 0 saturated carbocycles. The number of halogens is 3. The molecule has 2 N–H and O–H groups in total. The number of hydrogen-bond donors (Lipinski definition) is 2. The molecule has 0 spiro atoms. The third-order valence-electron chi connectivity index (χ3n) is 2.81. The average molecular weight is 338 g/mol. The van der Waals surface area contributed by atoms with E-state index in [2.05, 4.69) is 4.74 Å². The van der Waals surface area contributed by atoms with Crippen LogP contribution in [0.5, 0.6) is 11.5 Å². The summed E-state index contributed by atoms with van der Waals surface area (Å²) in [6.45, 7) is 4.40. The summed E-state index contributed by atoms with van der Waals surface area (Å²) in [5, 5.41) is 11.9. The molecule has 8 heteroatoms. The lowest BCUT2D eigenvalue weighted by molar-refractivity contribution is -0.104. The van der Waals surface area contributed by atoms with Crippen LogP contribution in [0.4, 0.5) is 13.6 Å². The van der Waals surface area contributed by atoms with Crippen LogP contribution in [0.1, 0.15) is 32.4 Å². The van der Waals surface area contributed by atoms with Crippen LogP contribution in [0.25, 0.3) is 0 Å². The van der Waals surface area contributed by atoms with E-state index >= 15 is 0 Å². The Kier molecular flexibility index (Phi) is 5.12. The molecule has 1 saturated heterocycles. The second kappa shape index (κ2) is 6.16. The second-order valence-corrected chi connectivity index (χ2v) is 5.85. The van der Waals surface area contributed by atoms with E-state index in [1.165, 1.54) is 18.2 Å². The number of nitrogens with one attached hydrogen (secondary N) is 1. The minimum absolute atomic E-state index is 0. The number of carbonyl (C=O) groups is 1. The van der Waals surface area contributed by atoms with Crippen LogP contribution in [-0.2, 0) is 4.74 Å². The van der Waals surface area contributed by atoms with Crippen molar-refractivity contribution in [1.29, 1.82) is 0 Å². The quantitative estimate of drug-likeness (QED) is 0.868. The maximum Gasteiger partial charge on any atom is 0.408 e. The van der Waals surface area contributed by atoms with Crippen molar-refractivity contribution in [2.24, 2.45) is 0 Å². The number of carbonyl (C=O) groups excluding carboxylic acids is 1. The predicted molar refractivity (Wildman–Crippen MR) is 77.9 cm³/mol. The molecule has 0 aliphatic carbocycles. The number of hydrogen-bond acceptors (Lipinski definition) is 4. The largest absolute Gasteiger partial charge is 0.508 e. The van der Waals surface area contributed by atoms with Gasteiger partial charge in [0, 0.05) is 5.56 Å². The number of phenols is 1. The monoisotopic (exact) mass is 337 g/mol. The van der Waals surface area contributed by atoms with Gasteiger partial charge >= 0.3 is 12.0 Å².